The van der Waals surface area contributed by atoms with Crippen molar-refractivity contribution in [1.29, 1.82) is 0 Å². The Morgan fingerprint density at radius 2 is 1.86 bits per heavy atom. The Hall–Kier alpha value is -0.490. The molecule has 0 aromatic heterocycles. The van der Waals surface area contributed by atoms with Crippen LogP contribution in [0.2, 0.25) is 5.02 Å². The monoisotopic (exact) mass is 206 g/mol. The van der Waals surface area contributed by atoms with Crippen LogP contribution in [-0.2, 0) is 11.8 Å². The number of rotatable bonds is 0. The van der Waals surface area contributed by atoms with Crippen LogP contribution in [0.1, 0.15) is 43.2 Å². The van der Waals surface area contributed by atoms with E-state index in [1.54, 1.807) is 11.1 Å². The van der Waals surface area contributed by atoms with E-state index in [1.165, 1.54) is 38.5 Å². The summed E-state index contributed by atoms with van der Waals surface area (Å²) in [6.07, 6.45) is 8.23. The van der Waals surface area contributed by atoms with Crippen molar-refractivity contribution in [2.75, 3.05) is 0 Å². The summed E-state index contributed by atoms with van der Waals surface area (Å²) in [5.41, 5.74) is 3.65. The third-order valence-corrected chi connectivity index (χ3v) is 4.31. The maximum Gasteiger partial charge on any atom is 0.0409 e. The molecular formula is C13H15Cl. The van der Waals surface area contributed by atoms with Gasteiger partial charge in [-0.2, -0.15) is 0 Å². The molecule has 0 N–H and O–H groups in total. The molecule has 0 saturated heterocycles. The Morgan fingerprint density at radius 1 is 1.07 bits per heavy atom. The van der Waals surface area contributed by atoms with Crippen molar-refractivity contribution >= 4 is 11.6 Å². The first-order valence-electron chi connectivity index (χ1n) is 5.59. The summed E-state index contributed by atoms with van der Waals surface area (Å²) < 4.78 is 0. The molecule has 1 aromatic carbocycles. The lowest BCUT2D eigenvalue weighted by Gasteiger charge is -2.24. The summed E-state index contributed by atoms with van der Waals surface area (Å²) in [6.45, 7) is 0. The summed E-state index contributed by atoms with van der Waals surface area (Å²) in [7, 11) is 0. The summed E-state index contributed by atoms with van der Waals surface area (Å²) in [5.74, 6) is 0. The van der Waals surface area contributed by atoms with Gasteiger partial charge in [0.25, 0.3) is 0 Å². The second-order valence-electron chi connectivity index (χ2n) is 4.79. The lowest BCUT2D eigenvalue weighted by Crippen LogP contribution is -2.17. The van der Waals surface area contributed by atoms with Crippen LogP contribution >= 0.6 is 11.6 Å². The number of hydrogen-bond donors (Lipinski definition) is 0. The molecule has 1 heteroatoms. The van der Waals surface area contributed by atoms with Crippen LogP contribution in [0.15, 0.2) is 18.2 Å². The SMILES string of the molecule is Clc1ccc2c(c1)C1(CCCC1)CC2. The smallest absolute Gasteiger partial charge is 0.0409 e. The summed E-state index contributed by atoms with van der Waals surface area (Å²) in [5, 5.41) is 0.914. The minimum Gasteiger partial charge on any atom is -0.0843 e. The van der Waals surface area contributed by atoms with Crippen LogP contribution in [0.3, 0.4) is 0 Å². The molecule has 74 valence electrons. The van der Waals surface area contributed by atoms with Crippen LogP contribution in [-0.4, -0.2) is 0 Å². The quantitative estimate of drug-likeness (QED) is 0.600. The normalized spacial score (nSPS) is 22.9. The van der Waals surface area contributed by atoms with Gasteiger partial charge in [-0.15, -0.1) is 0 Å². The Bertz CT molecular complexity index is 361. The molecule has 0 heterocycles. The van der Waals surface area contributed by atoms with Crippen molar-refractivity contribution in [3.8, 4) is 0 Å². The molecule has 0 unspecified atom stereocenters. The molecule has 0 amide bonds. The predicted molar refractivity (Wildman–Crippen MR) is 59.9 cm³/mol. The molecule has 3 rings (SSSR count). The summed E-state index contributed by atoms with van der Waals surface area (Å²) >= 11 is 6.09. The highest BCUT2D eigenvalue weighted by atomic mass is 35.5. The topological polar surface area (TPSA) is 0 Å². The predicted octanol–water partition coefficient (Wildman–Crippen LogP) is 4.10. The van der Waals surface area contributed by atoms with Gasteiger partial charge in [0.2, 0.25) is 0 Å². The lowest BCUT2D eigenvalue weighted by atomic mass is 9.80. The number of aryl methyl sites for hydroxylation is 1. The zero-order valence-corrected chi connectivity index (χ0v) is 9.11. The number of halogens is 1. The Kier molecular flexibility index (Phi) is 1.88. The minimum atomic E-state index is 0.528. The van der Waals surface area contributed by atoms with E-state index < -0.39 is 0 Å². The molecule has 0 bridgehead atoms. The van der Waals surface area contributed by atoms with Crippen LogP contribution < -0.4 is 0 Å². The van der Waals surface area contributed by atoms with Crippen LogP contribution in [0.4, 0.5) is 0 Å². The van der Waals surface area contributed by atoms with E-state index in [0.717, 1.165) is 5.02 Å². The van der Waals surface area contributed by atoms with E-state index in [2.05, 4.69) is 12.1 Å². The number of fused-ring (bicyclic) bond motifs is 2. The molecule has 2 aliphatic carbocycles. The fraction of sp³-hybridized carbons (Fsp3) is 0.538. The molecular weight excluding hydrogens is 192 g/mol. The second-order valence-corrected chi connectivity index (χ2v) is 5.23. The third-order valence-electron chi connectivity index (χ3n) is 4.08. The zero-order chi connectivity index (χ0) is 9.60. The number of benzene rings is 1. The number of hydrogen-bond acceptors (Lipinski definition) is 0. The molecule has 0 atom stereocenters. The minimum absolute atomic E-state index is 0.528. The van der Waals surface area contributed by atoms with E-state index in [0.29, 0.717) is 5.41 Å². The molecule has 2 aliphatic rings. The van der Waals surface area contributed by atoms with Crippen LogP contribution in [0, 0.1) is 0 Å². The van der Waals surface area contributed by atoms with Gasteiger partial charge in [0, 0.05) is 5.02 Å². The average Bonchev–Trinajstić information content (AvgIpc) is 2.77. The van der Waals surface area contributed by atoms with Gasteiger partial charge >= 0.3 is 0 Å². The van der Waals surface area contributed by atoms with Gasteiger partial charge in [0.05, 0.1) is 0 Å². The van der Waals surface area contributed by atoms with Gasteiger partial charge in [-0.05, 0) is 54.4 Å². The van der Waals surface area contributed by atoms with Crippen molar-refractivity contribution in [3.63, 3.8) is 0 Å². The molecule has 0 nitrogen and oxygen atoms in total. The van der Waals surface area contributed by atoms with Gasteiger partial charge in [0.15, 0.2) is 0 Å². The Morgan fingerprint density at radius 3 is 2.64 bits per heavy atom. The molecule has 0 radical (unpaired) electrons. The Labute approximate surface area is 90.3 Å². The largest absolute Gasteiger partial charge is 0.0843 e. The highest BCUT2D eigenvalue weighted by Gasteiger charge is 2.40. The van der Waals surface area contributed by atoms with Crippen molar-refractivity contribution < 1.29 is 0 Å². The fourth-order valence-corrected chi connectivity index (χ4v) is 3.51. The lowest BCUT2D eigenvalue weighted by molar-refractivity contribution is 0.439. The van der Waals surface area contributed by atoms with Gasteiger partial charge in [-0.25, -0.2) is 0 Å². The highest BCUT2D eigenvalue weighted by Crippen LogP contribution is 2.50. The molecule has 1 spiro atoms. The second kappa shape index (κ2) is 3.00. The average molecular weight is 207 g/mol. The molecule has 1 saturated carbocycles. The standard InChI is InChI=1S/C13H15Cl/c14-11-4-3-10-5-8-13(12(10)9-11)6-1-2-7-13/h3-4,9H,1-2,5-8H2. The molecule has 0 aliphatic heterocycles. The highest BCUT2D eigenvalue weighted by molar-refractivity contribution is 6.30. The van der Waals surface area contributed by atoms with Gasteiger partial charge in [-0.3, -0.25) is 0 Å². The fourth-order valence-electron chi connectivity index (χ4n) is 3.34. The van der Waals surface area contributed by atoms with E-state index in [-0.39, 0.29) is 0 Å². The van der Waals surface area contributed by atoms with Crippen molar-refractivity contribution in [3.05, 3.63) is 34.3 Å². The Balaban J connectivity index is 2.12. The van der Waals surface area contributed by atoms with E-state index >= 15 is 0 Å². The first-order chi connectivity index (χ1) is 6.80. The third kappa shape index (κ3) is 1.13. The maximum atomic E-state index is 6.09. The maximum absolute atomic E-state index is 6.09. The van der Waals surface area contributed by atoms with Crippen molar-refractivity contribution in [2.45, 2.75) is 43.9 Å². The first-order valence-corrected chi connectivity index (χ1v) is 5.97. The van der Waals surface area contributed by atoms with Crippen molar-refractivity contribution in [2.24, 2.45) is 0 Å². The van der Waals surface area contributed by atoms with E-state index in [1.807, 2.05) is 6.07 Å². The van der Waals surface area contributed by atoms with Gasteiger partial charge < -0.3 is 0 Å². The van der Waals surface area contributed by atoms with Gasteiger partial charge in [0.1, 0.15) is 0 Å². The molecule has 14 heavy (non-hydrogen) atoms. The van der Waals surface area contributed by atoms with Gasteiger partial charge in [-0.1, -0.05) is 30.5 Å². The van der Waals surface area contributed by atoms with E-state index in [4.69, 9.17) is 11.6 Å². The first kappa shape index (κ1) is 8.79. The molecule has 1 fully saturated rings. The van der Waals surface area contributed by atoms with E-state index in [9.17, 15) is 0 Å². The van der Waals surface area contributed by atoms with Crippen molar-refractivity contribution in [1.82, 2.24) is 0 Å². The summed E-state index contributed by atoms with van der Waals surface area (Å²) in [6, 6.07) is 6.48. The van der Waals surface area contributed by atoms with Crippen LogP contribution in [0.25, 0.3) is 0 Å². The molecule has 1 aromatic rings. The zero-order valence-electron chi connectivity index (χ0n) is 8.35. The summed E-state index contributed by atoms with van der Waals surface area (Å²) in [4.78, 5) is 0. The van der Waals surface area contributed by atoms with Crippen LogP contribution in [0.5, 0.6) is 0 Å².